The topological polar surface area (TPSA) is 32.3 Å². The molecular formula is C17H37NO. The fraction of sp³-hybridized carbons (Fsp3) is 1.00. The smallest absolute Gasteiger partial charge is 0.0664 e. The minimum absolute atomic E-state index is 0.137. The van der Waals surface area contributed by atoms with Gasteiger partial charge in [-0.05, 0) is 19.4 Å². The molecule has 0 fully saturated rings. The van der Waals surface area contributed by atoms with Gasteiger partial charge in [0.15, 0.2) is 0 Å². The maximum atomic E-state index is 9.82. The Labute approximate surface area is 121 Å². The molecule has 0 aliphatic rings. The molecule has 0 rings (SSSR count). The minimum atomic E-state index is -0.137. The lowest BCUT2D eigenvalue weighted by molar-refractivity contribution is 0.158. The van der Waals surface area contributed by atoms with Crippen molar-refractivity contribution in [2.45, 2.75) is 97.0 Å². The molecule has 0 aliphatic heterocycles. The highest BCUT2D eigenvalue weighted by Crippen LogP contribution is 2.07. The number of unbranched alkanes of at least 4 members (excludes halogenated alkanes) is 9. The van der Waals surface area contributed by atoms with Crippen LogP contribution in [0.5, 0.6) is 0 Å². The minimum Gasteiger partial charge on any atom is -0.392 e. The van der Waals surface area contributed by atoms with Gasteiger partial charge in [0.1, 0.15) is 0 Å². The van der Waals surface area contributed by atoms with Crippen LogP contribution in [0.1, 0.15) is 90.9 Å². The third-order valence-corrected chi connectivity index (χ3v) is 3.73. The van der Waals surface area contributed by atoms with Crippen LogP contribution < -0.4 is 5.32 Å². The van der Waals surface area contributed by atoms with Gasteiger partial charge in [-0.15, -0.1) is 0 Å². The predicted octanol–water partition coefficient (Wildman–Crippen LogP) is 4.66. The lowest BCUT2D eigenvalue weighted by Crippen LogP contribution is -2.27. The Morgan fingerprint density at radius 2 is 1.26 bits per heavy atom. The Hall–Kier alpha value is -0.0800. The van der Waals surface area contributed by atoms with Crippen LogP contribution in [0.15, 0.2) is 0 Å². The van der Waals surface area contributed by atoms with E-state index in [4.69, 9.17) is 0 Å². The van der Waals surface area contributed by atoms with Crippen LogP contribution in [0.2, 0.25) is 0 Å². The summed E-state index contributed by atoms with van der Waals surface area (Å²) in [5.74, 6) is 0. The summed E-state index contributed by atoms with van der Waals surface area (Å²) in [6.45, 7) is 6.34. The van der Waals surface area contributed by atoms with E-state index in [1.165, 1.54) is 70.6 Å². The molecule has 2 nitrogen and oxygen atoms in total. The maximum absolute atomic E-state index is 9.82. The van der Waals surface area contributed by atoms with Gasteiger partial charge in [-0.2, -0.15) is 0 Å². The molecule has 116 valence electrons. The third-order valence-electron chi connectivity index (χ3n) is 3.73. The van der Waals surface area contributed by atoms with Gasteiger partial charge in [-0.3, -0.25) is 0 Å². The molecule has 0 saturated carbocycles. The fourth-order valence-corrected chi connectivity index (χ4v) is 2.38. The van der Waals surface area contributed by atoms with Crippen molar-refractivity contribution in [3.05, 3.63) is 0 Å². The highest BCUT2D eigenvalue weighted by Gasteiger charge is 2.02. The van der Waals surface area contributed by atoms with Crippen molar-refractivity contribution in [3.63, 3.8) is 0 Å². The summed E-state index contributed by atoms with van der Waals surface area (Å²) in [5.41, 5.74) is 0. The number of aliphatic hydroxyl groups is 1. The van der Waals surface area contributed by atoms with Gasteiger partial charge in [0, 0.05) is 6.54 Å². The molecule has 19 heavy (non-hydrogen) atoms. The zero-order chi connectivity index (χ0) is 14.2. The Morgan fingerprint density at radius 3 is 1.89 bits per heavy atom. The second-order valence-electron chi connectivity index (χ2n) is 5.83. The summed E-state index contributed by atoms with van der Waals surface area (Å²) in [5, 5.41) is 13.2. The standard InChI is InChI=1S/C17H37NO/c1-3-5-7-9-11-13-15-18-16-17(19)14-12-10-8-6-4-2/h17-19H,3-16H2,1-2H3. The van der Waals surface area contributed by atoms with Crippen molar-refractivity contribution in [3.8, 4) is 0 Å². The van der Waals surface area contributed by atoms with Crippen molar-refractivity contribution in [1.29, 1.82) is 0 Å². The molecule has 0 heterocycles. The molecule has 0 spiro atoms. The van der Waals surface area contributed by atoms with E-state index >= 15 is 0 Å². The first-order valence-electron chi connectivity index (χ1n) is 8.70. The Kier molecular flexibility index (Phi) is 15.9. The third kappa shape index (κ3) is 15.9. The Balaban J connectivity index is 3.09. The van der Waals surface area contributed by atoms with Crippen LogP contribution in [0.3, 0.4) is 0 Å². The van der Waals surface area contributed by atoms with E-state index < -0.39 is 0 Å². The summed E-state index contributed by atoms with van der Waals surface area (Å²) >= 11 is 0. The van der Waals surface area contributed by atoms with Gasteiger partial charge in [-0.1, -0.05) is 78.1 Å². The lowest BCUT2D eigenvalue weighted by atomic mass is 10.1. The molecule has 0 aromatic carbocycles. The van der Waals surface area contributed by atoms with Gasteiger partial charge in [0.2, 0.25) is 0 Å². The highest BCUT2D eigenvalue weighted by molar-refractivity contribution is 4.60. The zero-order valence-corrected chi connectivity index (χ0v) is 13.4. The summed E-state index contributed by atoms with van der Waals surface area (Å²) in [7, 11) is 0. The molecule has 0 amide bonds. The van der Waals surface area contributed by atoms with Crippen molar-refractivity contribution >= 4 is 0 Å². The lowest BCUT2D eigenvalue weighted by Gasteiger charge is -2.11. The van der Waals surface area contributed by atoms with E-state index in [-0.39, 0.29) is 6.10 Å². The van der Waals surface area contributed by atoms with Crippen molar-refractivity contribution in [1.82, 2.24) is 5.32 Å². The van der Waals surface area contributed by atoms with E-state index in [0.717, 1.165) is 19.5 Å². The van der Waals surface area contributed by atoms with Crippen molar-refractivity contribution < 1.29 is 5.11 Å². The molecule has 2 N–H and O–H groups in total. The summed E-state index contributed by atoms with van der Waals surface area (Å²) in [6, 6.07) is 0. The van der Waals surface area contributed by atoms with Gasteiger partial charge >= 0.3 is 0 Å². The number of rotatable bonds is 15. The number of nitrogens with one attached hydrogen (secondary N) is 1. The molecule has 0 saturated heterocycles. The molecule has 0 aromatic rings. The van der Waals surface area contributed by atoms with E-state index in [2.05, 4.69) is 19.2 Å². The van der Waals surface area contributed by atoms with Crippen LogP contribution in [0, 0.1) is 0 Å². The zero-order valence-electron chi connectivity index (χ0n) is 13.4. The predicted molar refractivity (Wildman–Crippen MR) is 85.6 cm³/mol. The number of aliphatic hydroxyl groups excluding tert-OH is 1. The van der Waals surface area contributed by atoms with Gasteiger partial charge < -0.3 is 10.4 Å². The maximum Gasteiger partial charge on any atom is 0.0664 e. The summed E-state index contributed by atoms with van der Waals surface area (Å²) in [6.07, 6.45) is 15.3. The van der Waals surface area contributed by atoms with Crippen LogP contribution >= 0.6 is 0 Å². The second kappa shape index (κ2) is 16.0. The van der Waals surface area contributed by atoms with E-state index in [0.29, 0.717) is 0 Å². The summed E-state index contributed by atoms with van der Waals surface area (Å²) in [4.78, 5) is 0. The molecule has 0 bridgehead atoms. The van der Waals surface area contributed by atoms with Crippen LogP contribution in [-0.4, -0.2) is 24.3 Å². The first-order valence-corrected chi connectivity index (χ1v) is 8.70. The van der Waals surface area contributed by atoms with E-state index in [1.807, 2.05) is 0 Å². The molecule has 0 radical (unpaired) electrons. The summed E-state index contributed by atoms with van der Waals surface area (Å²) < 4.78 is 0. The van der Waals surface area contributed by atoms with Gasteiger partial charge in [0.25, 0.3) is 0 Å². The largest absolute Gasteiger partial charge is 0.392 e. The molecule has 2 heteroatoms. The monoisotopic (exact) mass is 271 g/mol. The van der Waals surface area contributed by atoms with Crippen LogP contribution in [0.4, 0.5) is 0 Å². The van der Waals surface area contributed by atoms with Crippen LogP contribution in [0.25, 0.3) is 0 Å². The van der Waals surface area contributed by atoms with Crippen LogP contribution in [-0.2, 0) is 0 Å². The molecule has 1 atom stereocenters. The number of hydrogen-bond acceptors (Lipinski definition) is 2. The quantitative estimate of drug-likeness (QED) is 0.425. The average Bonchev–Trinajstić information content (AvgIpc) is 2.41. The molecular weight excluding hydrogens is 234 g/mol. The number of hydrogen-bond donors (Lipinski definition) is 2. The van der Waals surface area contributed by atoms with E-state index in [1.54, 1.807) is 0 Å². The Morgan fingerprint density at radius 1 is 0.737 bits per heavy atom. The van der Waals surface area contributed by atoms with Gasteiger partial charge in [-0.25, -0.2) is 0 Å². The Bertz CT molecular complexity index is 161. The normalized spacial score (nSPS) is 12.8. The SMILES string of the molecule is CCCCCCCCNCC(O)CCCCCCC. The van der Waals surface area contributed by atoms with Crippen molar-refractivity contribution in [2.24, 2.45) is 0 Å². The fourth-order valence-electron chi connectivity index (χ4n) is 2.38. The van der Waals surface area contributed by atoms with Gasteiger partial charge in [0.05, 0.1) is 6.10 Å². The first kappa shape index (κ1) is 18.9. The first-order chi connectivity index (χ1) is 9.31. The molecule has 0 aliphatic carbocycles. The van der Waals surface area contributed by atoms with E-state index in [9.17, 15) is 5.11 Å². The van der Waals surface area contributed by atoms with Crippen molar-refractivity contribution in [2.75, 3.05) is 13.1 Å². The average molecular weight is 271 g/mol. The molecule has 1 unspecified atom stereocenters. The molecule has 0 aromatic heterocycles. The highest BCUT2D eigenvalue weighted by atomic mass is 16.3. The second-order valence-corrected chi connectivity index (χ2v) is 5.83.